The summed E-state index contributed by atoms with van der Waals surface area (Å²) in [5.41, 5.74) is 3.68. The lowest BCUT2D eigenvalue weighted by Crippen LogP contribution is -2.47. The summed E-state index contributed by atoms with van der Waals surface area (Å²) >= 11 is 0. The van der Waals surface area contributed by atoms with Crippen LogP contribution in [0.3, 0.4) is 0 Å². The number of likely N-dealkylation sites (N-methyl/N-ethyl adjacent to an activating group) is 1. The number of benzene rings is 2. The SMILES string of the molecule is CC1=C(c2ccc(C(=O)N3CCN(C)CC3)cc2)Bc2ccc(O)c(C=O)c2O1. The number of amides is 1. The van der Waals surface area contributed by atoms with Crippen molar-refractivity contribution >= 4 is 30.4 Å². The average molecular weight is 390 g/mol. The first kappa shape index (κ1) is 19.3. The second kappa shape index (κ2) is 7.76. The molecule has 0 atom stereocenters. The third-order valence-corrected chi connectivity index (χ3v) is 5.69. The van der Waals surface area contributed by atoms with Gasteiger partial charge in [-0.1, -0.05) is 18.2 Å². The smallest absolute Gasteiger partial charge is 0.253 e. The van der Waals surface area contributed by atoms with Crippen LogP contribution in [0.15, 0.2) is 42.2 Å². The molecule has 0 aromatic heterocycles. The van der Waals surface area contributed by atoms with Gasteiger partial charge in [-0.15, -0.1) is 0 Å². The molecule has 0 spiro atoms. The number of hydrogen-bond acceptors (Lipinski definition) is 5. The van der Waals surface area contributed by atoms with E-state index in [1.807, 2.05) is 36.1 Å². The monoisotopic (exact) mass is 390 g/mol. The molecular formula is C22H23BN2O4. The number of phenols is 1. The van der Waals surface area contributed by atoms with Crippen molar-refractivity contribution in [3.63, 3.8) is 0 Å². The van der Waals surface area contributed by atoms with Gasteiger partial charge in [0.2, 0.25) is 7.28 Å². The molecule has 29 heavy (non-hydrogen) atoms. The van der Waals surface area contributed by atoms with Crippen LogP contribution in [0.4, 0.5) is 0 Å². The molecule has 1 N–H and O–H groups in total. The summed E-state index contributed by atoms with van der Waals surface area (Å²) in [7, 11) is 2.66. The number of nitrogens with zero attached hydrogens (tertiary/aromatic N) is 2. The molecule has 0 saturated carbocycles. The molecule has 0 unspecified atom stereocenters. The van der Waals surface area contributed by atoms with E-state index in [2.05, 4.69) is 11.9 Å². The Hall–Kier alpha value is -3.06. The maximum absolute atomic E-state index is 12.7. The first-order chi connectivity index (χ1) is 14.0. The molecule has 0 radical (unpaired) electrons. The number of phenolic OH excluding ortho intramolecular Hbond substituents is 1. The maximum Gasteiger partial charge on any atom is 0.253 e. The number of aldehydes is 1. The summed E-state index contributed by atoms with van der Waals surface area (Å²) in [6, 6.07) is 10.9. The Kier molecular flexibility index (Phi) is 5.15. The van der Waals surface area contributed by atoms with Crippen LogP contribution in [-0.2, 0) is 0 Å². The lowest BCUT2D eigenvalue weighted by molar-refractivity contribution is 0.0664. The van der Waals surface area contributed by atoms with Gasteiger partial charge in [-0.25, -0.2) is 0 Å². The highest BCUT2D eigenvalue weighted by molar-refractivity contribution is 6.74. The number of carbonyl (C=O) groups is 2. The largest absolute Gasteiger partial charge is 0.507 e. The van der Waals surface area contributed by atoms with Crippen molar-refractivity contribution in [2.45, 2.75) is 6.92 Å². The third-order valence-electron chi connectivity index (χ3n) is 5.69. The third kappa shape index (κ3) is 3.65. The van der Waals surface area contributed by atoms with E-state index in [0.717, 1.165) is 42.7 Å². The van der Waals surface area contributed by atoms with Crippen molar-refractivity contribution in [3.05, 3.63) is 58.8 Å². The van der Waals surface area contributed by atoms with Gasteiger partial charge in [-0.3, -0.25) is 9.59 Å². The molecule has 4 rings (SSSR count). The minimum absolute atomic E-state index is 0.0618. The molecule has 0 bridgehead atoms. The Morgan fingerprint density at radius 2 is 1.79 bits per heavy atom. The summed E-state index contributed by atoms with van der Waals surface area (Å²) < 4.78 is 5.89. The molecule has 1 amide bonds. The predicted octanol–water partition coefficient (Wildman–Crippen LogP) is 1.44. The molecule has 2 aromatic carbocycles. The number of fused-ring (bicyclic) bond motifs is 1. The zero-order valence-corrected chi connectivity index (χ0v) is 16.6. The highest BCUT2D eigenvalue weighted by Gasteiger charge is 2.25. The van der Waals surface area contributed by atoms with E-state index in [1.54, 1.807) is 6.07 Å². The van der Waals surface area contributed by atoms with Crippen LogP contribution in [-0.4, -0.2) is 67.6 Å². The summed E-state index contributed by atoms with van der Waals surface area (Å²) in [6.45, 7) is 5.13. The van der Waals surface area contributed by atoms with Gasteiger partial charge in [-0.2, -0.15) is 0 Å². The van der Waals surface area contributed by atoms with Gasteiger partial charge in [0.15, 0.2) is 6.29 Å². The van der Waals surface area contributed by atoms with E-state index in [4.69, 9.17) is 4.74 Å². The molecule has 2 aliphatic heterocycles. The Morgan fingerprint density at radius 3 is 2.45 bits per heavy atom. The Bertz CT molecular complexity index is 993. The standard InChI is InChI=1S/C22H23BN2O4/c1-14-20(23-18-7-8-19(27)17(13-26)21(18)29-14)15-3-5-16(6-4-15)22(28)25-11-9-24(2)10-12-25/h3-8,13,23,27H,9-12H2,1-2H3. The van der Waals surface area contributed by atoms with Crippen LogP contribution >= 0.6 is 0 Å². The first-order valence-electron chi connectivity index (χ1n) is 9.74. The molecular weight excluding hydrogens is 367 g/mol. The van der Waals surface area contributed by atoms with Crippen molar-refractivity contribution < 1.29 is 19.4 Å². The van der Waals surface area contributed by atoms with E-state index >= 15 is 0 Å². The van der Waals surface area contributed by atoms with Gasteiger partial charge in [0.1, 0.15) is 11.5 Å². The number of piperazine rings is 1. The van der Waals surface area contributed by atoms with Crippen LogP contribution in [0, 0.1) is 0 Å². The van der Waals surface area contributed by atoms with Gasteiger partial charge in [0, 0.05) is 31.7 Å². The normalized spacial score (nSPS) is 16.7. The van der Waals surface area contributed by atoms with Crippen molar-refractivity contribution in [2.75, 3.05) is 33.2 Å². The lowest BCUT2D eigenvalue weighted by atomic mass is 9.59. The summed E-state index contributed by atoms with van der Waals surface area (Å²) in [5.74, 6) is 1.08. The van der Waals surface area contributed by atoms with Crippen molar-refractivity contribution in [2.24, 2.45) is 0 Å². The highest BCUT2D eigenvalue weighted by atomic mass is 16.5. The van der Waals surface area contributed by atoms with Gasteiger partial charge >= 0.3 is 0 Å². The summed E-state index contributed by atoms with van der Waals surface area (Å²) in [5, 5.41) is 9.87. The number of ether oxygens (including phenoxy) is 1. The fraction of sp³-hybridized carbons (Fsp3) is 0.273. The minimum atomic E-state index is -0.0817. The zero-order chi connectivity index (χ0) is 20.5. The summed E-state index contributed by atoms with van der Waals surface area (Å²) in [6.07, 6.45) is 0.616. The van der Waals surface area contributed by atoms with Crippen LogP contribution < -0.4 is 10.2 Å². The predicted molar refractivity (Wildman–Crippen MR) is 113 cm³/mol. The molecule has 2 aromatic rings. The Labute approximate surface area is 170 Å². The molecule has 148 valence electrons. The highest BCUT2D eigenvalue weighted by Crippen LogP contribution is 2.31. The average Bonchev–Trinajstić information content (AvgIpc) is 2.73. The van der Waals surface area contributed by atoms with Gasteiger partial charge < -0.3 is 19.6 Å². The van der Waals surface area contributed by atoms with Crippen LogP contribution in [0.25, 0.3) is 5.47 Å². The van der Waals surface area contributed by atoms with Gasteiger partial charge in [-0.05, 0) is 48.7 Å². The minimum Gasteiger partial charge on any atom is -0.507 e. The van der Waals surface area contributed by atoms with E-state index < -0.39 is 0 Å². The number of rotatable bonds is 3. The number of hydrogen-bond donors (Lipinski definition) is 1. The first-order valence-corrected chi connectivity index (χ1v) is 9.74. The van der Waals surface area contributed by atoms with Crippen LogP contribution in [0.5, 0.6) is 11.5 Å². The molecule has 0 aliphatic carbocycles. The quantitative estimate of drug-likeness (QED) is 0.635. The fourth-order valence-corrected chi connectivity index (χ4v) is 3.85. The molecule has 6 nitrogen and oxygen atoms in total. The van der Waals surface area contributed by atoms with Gasteiger partial charge in [0.25, 0.3) is 5.91 Å². The van der Waals surface area contributed by atoms with Crippen molar-refractivity contribution in [3.8, 4) is 11.5 Å². The van der Waals surface area contributed by atoms with E-state index in [-0.39, 0.29) is 17.2 Å². The second-order valence-corrected chi connectivity index (χ2v) is 7.59. The molecule has 2 aliphatic rings. The Morgan fingerprint density at radius 1 is 1.10 bits per heavy atom. The molecule has 1 saturated heterocycles. The number of carbonyl (C=O) groups excluding carboxylic acids is 2. The van der Waals surface area contributed by atoms with Crippen molar-refractivity contribution in [1.29, 1.82) is 0 Å². The molecule has 7 heteroatoms. The number of aromatic hydroxyl groups is 1. The molecule has 1 fully saturated rings. The number of allylic oxidation sites excluding steroid dienone is 1. The van der Waals surface area contributed by atoms with Gasteiger partial charge in [0.05, 0.1) is 11.3 Å². The zero-order valence-electron chi connectivity index (χ0n) is 16.6. The van der Waals surface area contributed by atoms with E-state index in [0.29, 0.717) is 30.6 Å². The topological polar surface area (TPSA) is 70.1 Å². The maximum atomic E-state index is 12.7. The van der Waals surface area contributed by atoms with E-state index in [1.165, 1.54) is 6.07 Å². The molecule has 2 heterocycles. The van der Waals surface area contributed by atoms with Crippen LogP contribution in [0.1, 0.15) is 33.2 Å². The Balaban J connectivity index is 1.56. The van der Waals surface area contributed by atoms with Crippen molar-refractivity contribution in [1.82, 2.24) is 9.80 Å². The second-order valence-electron chi connectivity index (χ2n) is 7.59. The lowest BCUT2D eigenvalue weighted by Gasteiger charge is -2.32. The van der Waals surface area contributed by atoms with E-state index in [9.17, 15) is 14.7 Å². The summed E-state index contributed by atoms with van der Waals surface area (Å²) in [4.78, 5) is 28.2. The fourth-order valence-electron chi connectivity index (χ4n) is 3.85. The van der Waals surface area contributed by atoms with Crippen LogP contribution in [0.2, 0.25) is 0 Å².